The van der Waals surface area contributed by atoms with Crippen molar-refractivity contribution in [1.82, 2.24) is 20.2 Å². The van der Waals surface area contributed by atoms with E-state index in [0.29, 0.717) is 17.6 Å². The van der Waals surface area contributed by atoms with Crippen molar-refractivity contribution in [2.75, 3.05) is 31.4 Å². The summed E-state index contributed by atoms with van der Waals surface area (Å²) in [6.45, 7) is 2.55. The van der Waals surface area contributed by atoms with Gasteiger partial charge in [-0.15, -0.1) is 10.2 Å². The Kier molecular flexibility index (Phi) is 8.36. The highest BCUT2D eigenvalue weighted by Crippen LogP contribution is 2.28. The number of hydrazone groups is 1. The quantitative estimate of drug-likeness (QED) is 0.194. The van der Waals surface area contributed by atoms with Gasteiger partial charge in [0, 0.05) is 31.0 Å². The van der Waals surface area contributed by atoms with E-state index in [9.17, 15) is 4.79 Å². The van der Waals surface area contributed by atoms with Gasteiger partial charge in [-0.25, -0.2) is 5.43 Å². The van der Waals surface area contributed by atoms with Crippen LogP contribution in [0.1, 0.15) is 12.5 Å². The maximum Gasteiger partial charge on any atom is 0.250 e. The van der Waals surface area contributed by atoms with Crippen LogP contribution in [0.2, 0.25) is 0 Å². The molecule has 36 heavy (non-hydrogen) atoms. The predicted octanol–water partition coefficient (Wildman–Crippen LogP) is 4.64. The lowest BCUT2D eigenvalue weighted by atomic mass is 10.2. The average molecular weight is 501 g/mol. The highest BCUT2D eigenvalue weighted by molar-refractivity contribution is 7.99. The number of amides is 1. The summed E-state index contributed by atoms with van der Waals surface area (Å²) in [7, 11) is 3.97. The standard InChI is InChI=1S/C27H28N6O2S/c1-4-35-24-16-14-23(15-17-24)33-26(21-8-6-5-7-9-21)30-31-27(33)36-19-25(34)29-28-18-20-10-12-22(13-11-20)32(2)3/h5-18H,4,19H2,1-3H3,(H,29,34)/b28-18+. The van der Waals surface area contributed by atoms with Gasteiger partial charge in [0.05, 0.1) is 18.6 Å². The van der Waals surface area contributed by atoms with Gasteiger partial charge in [0.15, 0.2) is 11.0 Å². The Bertz CT molecular complexity index is 1300. The monoisotopic (exact) mass is 500 g/mol. The molecule has 0 aliphatic heterocycles. The van der Waals surface area contributed by atoms with Gasteiger partial charge < -0.3 is 9.64 Å². The van der Waals surface area contributed by atoms with Crippen molar-refractivity contribution in [2.24, 2.45) is 5.10 Å². The largest absolute Gasteiger partial charge is 0.494 e. The average Bonchev–Trinajstić information content (AvgIpc) is 3.33. The van der Waals surface area contributed by atoms with Gasteiger partial charge in [0.2, 0.25) is 0 Å². The van der Waals surface area contributed by atoms with Gasteiger partial charge in [-0.2, -0.15) is 5.10 Å². The molecule has 0 fully saturated rings. The molecular weight excluding hydrogens is 472 g/mol. The molecule has 4 aromatic rings. The number of hydrogen-bond acceptors (Lipinski definition) is 7. The van der Waals surface area contributed by atoms with Crippen LogP contribution in [0.5, 0.6) is 5.75 Å². The number of rotatable bonds is 10. The van der Waals surface area contributed by atoms with Crippen LogP contribution in [0.15, 0.2) is 89.1 Å². The fourth-order valence-corrected chi connectivity index (χ4v) is 4.17. The van der Waals surface area contributed by atoms with Crippen LogP contribution in [-0.4, -0.2) is 53.3 Å². The second kappa shape index (κ2) is 12.0. The molecule has 184 valence electrons. The minimum absolute atomic E-state index is 0.140. The number of benzene rings is 3. The molecule has 8 nitrogen and oxygen atoms in total. The van der Waals surface area contributed by atoms with Gasteiger partial charge >= 0.3 is 0 Å². The summed E-state index contributed by atoms with van der Waals surface area (Å²) in [4.78, 5) is 14.5. The second-order valence-electron chi connectivity index (χ2n) is 8.00. The summed E-state index contributed by atoms with van der Waals surface area (Å²) in [5.74, 6) is 1.39. The van der Waals surface area contributed by atoms with Crippen LogP contribution in [0.3, 0.4) is 0 Å². The summed E-state index contributed by atoms with van der Waals surface area (Å²) >= 11 is 1.30. The zero-order valence-electron chi connectivity index (χ0n) is 20.5. The molecule has 1 heterocycles. The van der Waals surface area contributed by atoms with Gasteiger partial charge in [-0.3, -0.25) is 9.36 Å². The van der Waals surface area contributed by atoms with Crippen molar-refractivity contribution in [3.8, 4) is 22.8 Å². The molecule has 0 bridgehead atoms. The number of nitrogens with zero attached hydrogens (tertiary/aromatic N) is 5. The summed E-state index contributed by atoms with van der Waals surface area (Å²) in [6, 6.07) is 25.5. The lowest BCUT2D eigenvalue weighted by Gasteiger charge is -2.11. The molecule has 9 heteroatoms. The first kappa shape index (κ1) is 25.0. The number of nitrogens with one attached hydrogen (secondary N) is 1. The van der Waals surface area contributed by atoms with E-state index in [2.05, 4.69) is 20.7 Å². The molecule has 0 atom stereocenters. The van der Waals surface area contributed by atoms with Crippen molar-refractivity contribution in [1.29, 1.82) is 0 Å². The third-order valence-electron chi connectivity index (χ3n) is 5.22. The maximum atomic E-state index is 12.5. The highest BCUT2D eigenvalue weighted by Gasteiger charge is 2.17. The topological polar surface area (TPSA) is 84.6 Å². The normalized spacial score (nSPS) is 11.0. The smallest absolute Gasteiger partial charge is 0.250 e. The Morgan fingerprint density at radius 2 is 1.75 bits per heavy atom. The van der Waals surface area contributed by atoms with E-state index in [4.69, 9.17) is 4.74 Å². The number of thioether (sulfide) groups is 1. The molecule has 0 spiro atoms. The molecule has 1 amide bonds. The van der Waals surface area contributed by atoms with E-state index >= 15 is 0 Å². The van der Waals surface area contributed by atoms with E-state index in [1.54, 1.807) is 6.21 Å². The molecule has 3 aromatic carbocycles. The van der Waals surface area contributed by atoms with Crippen LogP contribution in [0.4, 0.5) is 5.69 Å². The molecule has 0 saturated heterocycles. The van der Waals surface area contributed by atoms with E-state index < -0.39 is 0 Å². The molecule has 0 saturated carbocycles. The first-order valence-electron chi connectivity index (χ1n) is 11.5. The Labute approximate surface area is 215 Å². The zero-order valence-corrected chi connectivity index (χ0v) is 21.3. The Morgan fingerprint density at radius 1 is 1.03 bits per heavy atom. The number of aromatic nitrogens is 3. The lowest BCUT2D eigenvalue weighted by Crippen LogP contribution is -2.20. The molecule has 0 radical (unpaired) electrons. The summed E-state index contributed by atoms with van der Waals surface area (Å²) < 4.78 is 7.52. The number of anilines is 1. The maximum absolute atomic E-state index is 12.5. The van der Waals surface area contributed by atoms with Gasteiger partial charge in [0.25, 0.3) is 5.91 Å². The van der Waals surface area contributed by atoms with Crippen LogP contribution in [0, 0.1) is 0 Å². The lowest BCUT2D eigenvalue weighted by molar-refractivity contribution is -0.118. The van der Waals surface area contributed by atoms with Crippen LogP contribution in [-0.2, 0) is 4.79 Å². The highest BCUT2D eigenvalue weighted by atomic mass is 32.2. The molecule has 0 aliphatic carbocycles. The van der Waals surface area contributed by atoms with Crippen LogP contribution < -0.4 is 15.1 Å². The fraction of sp³-hybridized carbons (Fsp3) is 0.185. The molecular formula is C27H28N6O2S. The van der Waals surface area contributed by atoms with Gasteiger partial charge in [-0.1, -0.05) is 54.2 Å². The summed E-state index contributed by atoms with van der Waals surface area (Å²) in [6.07, 6.45) is 1.62. The first-order chi connectivity index (χ1) is 17.5. The molecule has 1 N–H and O–H groups in total. The third kappa shape index (κ3) is 6.31. The number of ether oxygens (including phenoxy) is 1. The van der Waals surface area contributed by atoms with E-state index in [0.717, 1.165) is 28.3 Å². The van der Waals surface area contributed by atoms with E-state index in [1.807, 2.05) is 109 Å². The molecule has 0 aliphatic rings. The van der Waals surface area contributed by atoms with E-state index in [1.165, 1.54) is 11.8 Å². The van der Waals surface area contributed by atoms with E-state index in [-0.39, 0.29) is 11.7 Å². The minimum Gasteiger partial charge on any atom is -0.494 e. The zero-order chi connectivity index (χ0) is 25.3. The van der Waals surface area contributed by atoms with Gasteiger partial charge in [0.1, 0.15) is 5.75 Å². The van der Waals surface area contributed by atoms with Crippen LogP contribution in [0.25, 0.3) is 17.1 Å². The van der Waals surface area contributed by atoms with Crippen molar-refractivity contribution < 1.29 is 9.53 Å². The Hall–Kier alpha value is -4.11. The number of carbonyl (C=O) groups is 1. The van der Waals surface area contributed by atoms with Gasteiger partial charge in [-0.05, 0) is 48.9 Å². The SMILES string of the molecule is CCOc1ccc(-n2c(SCC(=O)N/N=C/c3ccc(N(C)C)cc3)nnc2-c2ccccc2)cc1. The third-order valence-corrected chi connectivity index (χ3v) is 6.14. The van der Waals surface area contributed by atoms with Crippen molar-refractivity contribution in [3.05, 3.63) is 84.4 Å². The summed E-state index contributed by atoms with van der Waals surface area (Å²) in [5.41, 5.74) is 6.39. The predicted molar refractivity (Wildman–Crippen MR) is 145 cm³/mol. The first-order valence-corrected chi connectivity index (χ1v) is 12.5. The Balaban J connectivity index is 1.46. The van der Waals surface area contributed by atoms with Crippen molar-refractivity contribution in [2.45, 2.75) is 12.1 Å². The fourth-order valence-electron chi connectivity index (χ4n) is 3.43. The van der Waals surface area contributed by atoms with Crippen LogP contribution >= 0.6 is 11.8 Å². The second-order valence-corrected chi connectivity index (χ2v) is 8.94. The number of hydrogen-bond donors (Lipinski definition) is 1. The minimum atomic E-state index is -0.233. The Morgan fingerprint density at radius 3 is 2.42 bits per heavy atom. The number of carbonyl (C=O) groups excluding carboxylic acids is 1. The molecule has 1 aromatic heterocycles. The summed E-state index contributed by atoms with van der Waals surface area (Å²) in [5, 5.41) is 13.5. The van der Waals surface area contributed by atoms with Crippen molar-refractivity contribution >= 4 is 29.6 Å². The molecule has 0 unspecified atom stereocenters. The molecule has 4 rings (SSSR count). The van der Waals surface area contributed by atoms with Crippen molar-refractivity contribution in [3.63, 3.8) is 0 Å².